The molecule has 0 aliphatic carbocycles. The van der Waals surface area contributed by atoms with Crippen molar-refractivity contribution in [1.82, 2.24) is 4.98 Å². The van der Waals surface area contributed by atoms with Crippen molar-refractivity contribution in [3.63, 3.8) is 0 Å². The average molecular weight is 321 g/mol. The van der Waals surface area contributed by atoms with Crippen molar-refractivity contribution in [1.29, 1.82) is 0 Å². The average Bonchev–Trinajstić information content (AvgIpc) is 2.39. The molecule has 0 fully saturated rings. The van der Waals surface area contributed by atoms with Crippen molar-refractivity contribution in [3.05, 3.63) is 46.6 Å². The molecule has 0 aliphatic rings. The van der Waals surface area contributed by atoms with E-state index in [4.69, 9.17) is 4.74 Å². The lowest BCUT2D eigenvalue weighted by atomic mass is 10.2. The Balaban J connectivity index is 2.25. The summed E-state index contributed by atoms with van der Waals surface area (Å²) in [6.45, 7) is 4.72. The van der Waals surface area contributed by atoms with Gasteiger partial charge in [-0.3, -0.25) is 0 Å². The van der Waals surface area contributed by atoms with Crippen LogP contribution in [0.2, 0.25) is 0 Å². The number of hydrogen-bond donors (Lipinski definition) is 0. The molecule has 0 N–H and O–H groups in total. The molecule has 0 bridgehead atoms. The minimum atomic E-state index is 0.683. The number of aromatic nitrogens is 1. The summed E-state index contributed by atoms with van der Waals surface area (Å²) in [4.78, 5) is 6.53. The smallest absolute Gasteiger partial charge is 0.135 e. The van der Waals surface area contributed by atoms with E-state index in [0.29, 0.717) is 6.61 Å². The first-order chi connectivity index (χ1) is 9.11. The molecular formula is C15H17BrN2O. The lowest BCUT2D eigenvalue weighted by Crippen LogP contribution is -2.12. The van der Waals surface area contributed by atoms with E-state index >= 15 is 0 Å². The highest BCUT2D eigenvalue weighted by atomic mass is 79.9. The molecule has 19 heavy (non-hydrogen) atoms. The molecule has 100 valence electrons. The van der Waals surface area contributed by atoms with Crippen molar-refractivity contribution in [2.24, 2.45) is 0 Å². The molecule has 3 nitrogen and oxygen atoms in total. The van der Waals surface area contributed by atoms with Crippen LogP contribution in [-0.2, 0) is 0 Å². The topological polar surface area (TPSA) is 25.4 Å². The van der Waals surface area contributed by atoms with E-state index in [0.717, 1.165) is 27.3 Å². The Bertz CT molecular complexity index is 555. The molecule has 0 radical (unpaired) electrons. The lowest BCUT2D eigenvalue weighted by Gasteiger charge is -2.20. The first-order valence-electron chi connectivity index (χ1n) is 6.20. The third-order valence-corrected chi connectivity index (χ3v) is 3.30. The largest absolute Gasteiger partial charge is 0.494 e. The number of rotatable bonds is 4. The summed E-state index contributed by atoms with van der Waals surface area (Å²) in [5, 5.41) is 0. The molecule has 0 unspecified atom stereocenters. The van der Waals surface area contributed by atoms with Crippen LogP contribution in [0.1, 0.15) is 12.5 Å². The lowest BCUT2D eigenvalue weighted by molar-refractivity contribution is 0.340. The van der Waals surface area contributed by atoms with Gasteiger partial charge in [-0.05, 0) is 65.7 Å². The summed E-state index contributed by atoms with van der Waals surface area (Å²) < 4.78 is 6.44. The second-order valence-corrected chi connectivity index (χ2v) is 5.20. The van der Waals surface area contributed by atoms with E-state index in [2.05, 4.69) is 38.8 Å². The maximum atomic E-state index is 5.45. The molecule has 0 aliphatic heterocycles. The zero-order chi connectivity index (χ0) is 13.8. The van der Waals surface area contributed by atoms with E-state index in [1.165, 1.54) is 0 Å². The van der Waals surface area contributed by atoms with Crippen LogP contribution >= 0.6 is 15.9 Å². The minimum absolute atomic E-state index is 0.683. The number of anilines is 2. The molecule has 1 aromatic heterocycles. The fourth-order valence-electron chi connectivity index (χ4n) is 1.94. The molecule has 2 rings (SSSR count). The molecular weight excluding hydrogens is 304 g/mol. The van der Waals surface area contributed by atoms with Crippen molar-refractivity contribution in [3.8, 4) is 5.75 Å². The van der Waals surface area contributed by atoms with Gasteiger partial charge in [-0.25, -0.2) is 4.98 Å². The molecule has 4 heteroatoms. The summed E-state index contributed by atoms with van der Waals surface area (Å²) in [7, 11) is 2.01. The van der Waals surface area contributed by atoms with Gasteiger partial charge < -0.3 is 9.64 Å². The van der Waals surface area contributed by atoms with Crippen LogP contribution in [-0.4, -0.2) is 18.6 Å². The van der Waals surface area contributed by atoms with Gasteiger partial charge in [-0.2, -0.15) is 0 Å². The monoisotopic (exact) mass is 320 g/mol. The number of ether oxygens (including phenoxy) is 1. The van der Waals surface area contributed by atoms with Gasteiger partial charge in [-0.1, -0.05) is 0 Å². The molecule has 0 saturated heterocycles. The van der Waals surface area contributed by atoms with Gasteiger partial charge in [0.15, 0.2) is 0 Å². The van der Waals surface area contributed by atoms with Crippen LogP contribution in [0.15, 0.2) is 41.0 Å². The highest BCUT2D eigenvalue weighted by molar-refractivity contribution is 9.10. The van der Waals surface area contributed by atoms with E-state index in [1.54, 1.807) is 0 Å². The number of nitrogens with zero attached hydrogens (tertiary/aromatic N) is 2. The molecule has 1 heterocycles. The Morgan fingerprint density at radius 2 is 1.95 bits per heavy atom. The number of hydrogen-bond acceptors (Lipinski definition) is 3. The van der Waals surface area contributed by atoms with E-state index in [-0.39, 0.29) is 0 Å². The van der Waals surface area contributed by atoms with Crippen LogP contribution in [0.4, 0.5) is 11.5 Å². The molecule has 0 amide bonds. The Kier molecular flexibility index (Phi) is 4.43. The fourth-order valence-corrected chi connectivity index (χ4v) is 2.39. The van der Waals surface area contributed by atoms with Gasteiger partial charge in [-0.15, -0.1) is 0 Å². The van der Waals surface area contributed by atoms with Crippen LogP contribution in [0, 0.1) is 6.92 Å². The SMILES string of the molecule is CCOc1ccc(N(C)c2ncc(Br)cc2C)cc1. The molecule has 0 saturated carbocycles. The zero-order valence-electron chi connectivity index (χ0n) is 11.4. The van der Waals surface area contributed by atoms with Crippen LogP contribution in [0.25, 0.3) is 0 Å². The Morgan fingerprint density at radius 1 is 1.26 bits per heavy atom. The van der Waals surface area contributed by atoms with Gasteiger partial charge in [0.1, 0.15) is 11.6 Å². The van der Waals surface area contributed by atoms with E-state index in [1.807, 2.05) is 44.4 Å². The predicted octanol–water partition coefficient (Wildman–Crippen LogP) is 4.32. The maximum Gasteiger partial charge on any atom is 0.135 e. The van der Waals surface area contributed by atoms with E-state index in [9.17, 15) is 0 Å². The summed E-state index contributed by atoms with van der Waals surface area (Å²) in [6, 6.07) is 10.1. The Morgan fingerprint density at radius 3 is 2.53 bits per heavy atom. The van der Waals surface area contributed by atoms with Crippen LogP contribution in [0.5, 0.6) is 5.75 Å². The quantitative estimate of drug-likeness (QED) is 0.838. The molecule has 0 spiro atoms. The van der Waals surface area contributed by atoms with E-state index < -0.39 is 0 Å². The number of pyridine rings is 1. The van der Waals surface area contributed by atoms with Gasteiger partial charge in [0.2, 0.25) is 0 Å². The van der Waals surface area contributed by atoms with Crippen LogP contribution in [0.3, 0.4) is 0 Å². The maximum absolute atomic E-state index is 5.45. The summed E-state index contributed by atoms with van der Waals surface area (Å²) >= 11 is 3.43. The van der Waals surface area contributed by atoms with Crippen LogP contribution < -0.4 is 9.64 Å². The number of aryl methyl sites for hydroxylation is 1. The van der Waals surface area contributed by atoms with Crippen molar-refractivity contribution < 1.29 is 4.74 Å². The fraction of sp³-hybridized carbons (Fsp3) is 0.267. The normalized spacial score (nSPS) is 10.3. The Hall–Kier alpha value is -1.55. The highest BCUT2D eigenvalue weighted by Crippen LogP contribution is 2.27. The second-order valence-electron chi connectivity index (χ2n) is 4.28. The minimum Gasteiger partial charge on any atom is -0.494 e. The van der Waals surface area contributed by atoms with Gasteiger partial charge in [0.05, 0.1) is 6.61 Å². The van der Waals surface area contributed by atoms with Gasteiger partial charge >= 0.3 is 0 Å². The first-order valence-corrected chi connectivity index (χ1v) is 7.00. The zero-order valence-corrected chi connectivity index (χ0v) is 12.9. The summed E-state index contributed by atoms with van der Waals surface area (Å²) in [5.41, 5.74) is 2.21. The van der Waals surface area contributed by atoms with Gasteiger partial charge in [0.25, 0.3) is 0 Å². The highest BCUT2D eigenvalue weighted by Gasteiger charge is 2.09. The molecule has 2 aromatic rings. The standard InChI is InChI=1S/C15H17BrN2O/c1-4-19-14-7-5-13(6-8-14)18(3)15-11(2)9-12(16)10-17-15/h5-10H,4H2,1-3H3. The molecule has 1 aromatic carbocycles. The summed E-state index contributed by atoms with van der Waals surface area (Å²) in [5.74, 6) is 1.84. The predicted molar refractivity (Wildman–Crippen MR) is 82.3 cm³/mol. The summed E-state index contributed by atoms with van der Waals surface area (Å²) in [6.07, 6.45) is 1.81. The van der Waals surface area contributed by atoms with Crippen molar-refractivity contribution in [2.45, 2.75) is 13.8 Å². The third-order valence-electron chi connectivity index (χ3n) is 2.87. The Labute approximate surface area is 122 Å². The molecule has 0 atom stereocenters. The van der Waals surface area contributed by atoms with Gasteiger partial charge in [0, 0.05) is 23.4 Å². The number of halogens is 1. The number of benzene rings is 1. The first kappa shape index (κ1) is 13.9. The third kappa shape index (κ3) is 3.26. The van der Waals surface area contributed by atoms with Crippen molar-refractivity contribution in [2.75, 3.05) is 18.6 Å². The second kappa shape index (κ2) is 6.06. The van der Waals surface area contributed by atoms with Crippen molar-refractivity contribution >= 4 is 27.4 Å².